The minimum Gasteiger partial charge on any atom is -0.495 e. The number of amides is 2. The van der Waals surface area contributed by atoms with Crippen LogP contribution in [0, 0.1) is 0 Å². The number of rotatable bonds is 6. The first-order valence-electron chi connectivity index (χ1n) is 8.83. The normalized spacial score (nSPS) is 10.4. The highest BCUT2D eigenvalue weighted by Gasteiger charge is 2.18. The number of fused-ring (bicyclic) bond motifs is 1. The van der Waals surface area contributed by atoms with Crippen LogP contribution in [0.2, 0.25) is 0 Å². The van der Waals surface area contributed by atoms with Gasteiger partial charge in [-0.1, -0.05) is 42.5 Å². The van der Waals surface area contributed by atoms with E-state index >= 15 is 0 Å². The summed E-state index contributed by atoms with van der Waals surface area (Å²) in [6.07, 6.45) is 0. The maximum Gasteiger partial charge on any atom is 0.254 e. The van der Waals surface area contributed by atoms with Gasteiger partial charge in [0.15, 0.2) is 0 Å². The molecule has 0 aliphatic carbocycles. The molecule has 0 radical (unpaired) electrons. The molecule has 0 aromatic heterocycles. The fourth-order valence-electron chi connectivity index (χ4n) is 2.94. The van der Waals surface area contributed by atoms with Crippen molar-refractivity contribution in [3.8, 4) is 5.75 Å². The van der Waals surface area contributed by atoms with Crippen LogP contribution >= 0.6 is 0 Å². The Morgan fingerprint density at radius 3 is 2.41 bits per heavy atom. The van der Waals surface area contributed by atoms with E-state index < -0.39 is 0 Å². The third-order valence-corrected chi connectivity index (χ3v) is 4.38. The van der Waals surface area contributed by atoms with E-state index in [0.717, 1.165) is 10.8 Å². The Kier molecular flexibility index (Phi) is 5.71. The second kappa shape index (κ2) is 8.36. The first-order valence-corrected chi connectivity index (χ1v) is 8.83. The van der Waals surface area contributed by atoms with E-state index in [1.165, 1.54) is 4.90 Å². The van der Waals surface area contributed by atoms with Crippen LogP contribution in [0.3, 0.4) is 0 Å². The minimum atomic E-state index is -0.268. The fraction of sp³-hybridized carbons (Fsp3) is 0.182. The number of para-hydroxylation sites is 2. The maximum atomic E-state index is 12.9. The lowest BCUT2D eigenvalue weighted by Crippen LogP contribution is -2.37. The molecule has 3 aromatic carbocycles. The lowest BCUT2D eigenvalue weighted by molar-refractivity contribution is -0.116. The van der Waals surface area contributed by atoms with Crippen LogP contribution in [0.1, 0.15) is 17.3 Å². The van der Waals surface area contributed by atoms with E-state index in [4.69, 9.17) is 4.74 Å². The molecule has 0 saturated heterocycles. The van der Waals surface area contributed by atoms with E-state index in [1.807, 2.05) is 55.5 Å². The molecule has 0 spiro atoms. The highest BCUT2D eigenvalue weighted by molar-refractivity contribution is 6.02. The smallest absolute Gasteiger partial charge is 0.254 e. The molecule has 0 atom stereocenters. The molecule has 0 unspecified atom stereocenters. The van der Waals surface area contributed by atoms with Crippen LogP contribution in [0.25, 0.3) is 10.8 Å². The van der Waals surface area contributed by atoms with E-state index in [0.29, 0.717) is 23.5 Å². The number of likely N-dealkylation sites (N-methyl/N-ethyl adjacent to an activating group) is 1. The zero-order valence-corrected chi connectivity index (χ0v) is 15.4. The van der Waals surface area contributed by atoms with Crippen molar-refractivity contribution >= 4 is 28.3 Å². The lowest BCUT2D eigenvalue weighted by atomic mass is 10.1. The number of ether oxygens (including phenoxy) is 1. The van der Waals surface area contributed by atoms with Gasteiger partial charge in [0.05, 0.1) is 12.8 Å². The number of methoxy groups -OCH3 is 1. The number of carbonyl (C=O) groups is 2. The molecular weight excluding hydrogens is 340 g/mol. The number of benzene rings is 3. The summed E-state index contributed by atoms with van der Waals surface area (Å²) >= 11 is 0. The first-order chi connectivity index (χ1) is 13.1. The lowest BCUT2D eigenvalue weighted by Gasteiger charge is -2.21. The first kappa shape index (κ1) is 18.5. The number of hydrogen-bond acceptors (Lipinski definition) is 3. The summed E-state index contributed by atoms with van der Waals surface area (Å²) in [6.45, 7) is 2.26. The summed E-state index contributed by atoms with van der Waals surface area (Å²) in [6, 6.07) is 20.6. The van der Waals surface area contributed by atoms with Crippen molar-refractivity contribution in [2.45, 2.75) is 6.92 Å². The number of nitrogens with one attached hydrogen (secondary N) is 1. The molecular formula is C22H22N2O3. The van der Waals surface area contributed by atoms with Crippen LogP contribution in [0.15, 0.2) is 66.7 Å². The molecule has 0 heterocycles. The van der Waals surface area contributed by atoms with Gasteiger partial charge in [-0.3, -0.25) is 9.59 Å². The van der Waals surface area contributed by atoms with Crippen molar-refractivity contribution < 1.29 is 14.3 Å². The average Bonchev–Trinajstić information content (AvgIpc) is 2.71. The molecule has 5 heteroatoms. The van der Waals surface area contributed by atoms with Crippen LogP contribution in [-0.2, 0) is 4.79 Å². The molecule has 5 nitrogen and oxygen atoms in total. The summed E-state index contributed by atoms with van der Waals surface area (Å²) in [5, 5.41) is 4.88. The van der Waals surface area contributed by atoms with Crippen LogP contribution in [0.5, 0.6) is 5.75 Å². The summed E-state index contributed by atoms with van der Waals surface area (Å²) < 4.78 is 5.24. The molecule has 0 aliphatic heterocycles. The standard InChI is InChI=1S/C22H22N2O3/c1-3-24(15-21(25)23-19-10-6-7-11-20(19)27-2)22(26)18-13-12-16-8-4-5-9-17(16)14-18/h4-14H,3,15H2,1-2H3,(H,23,25). The van der Waals surface area contributed by atoms with Gasteiger partial charge in [0.2, 0.25) is 5.91 Å². The molecule has 0 aliphatic rings. The fourth-order valence-corrected chi connectivity index (χ4v) is 2.94. The Bertz CT molecular complexity index is 968. The zero-order chi connectivity index (χ0) is 19.2. The van der Waals surface area contributed by atoms with Gasteiger partial charge >= 0.3 is 0 Å². The predicted molar refractivity (Wildman–Crippen MR) is 107 cm³/mol. The second-order valence-corrected chi connectivity index (χ2v) is 6.13. The van der Waals surface area contributed by atoms with E-state index in [2.05, 4.69) is 5.32 Å². The van der Waals surface area contributed by atoms with Crippen LogP contribution < -0.4 is 10.1 Å². The topological polar surface area (TPSA) is 58.6 Å². The monoisotopic (exact) mass is 362 g/mol. The summed E-state index contributed by atoms with van der Waals surface area (Å²) in [7, 11) is 1.55. The Morgan fingerprint density at radius 2 is 1.67 bits per heavy atom. The van der Waals surface area contributed by atoms with Crippen LogP contribution in [0.4, 0.5) is 5.69 Å². The quantitative estimate of drug-likeness (QED) is 0.722. The van der Waals surface area contributed by atoms with Crippen LogP contribution in [-0.4, -0.2) is 36.9 Å². The van der Waals surface area contributed by atoms with Gasteiger partial charge < -0.3 is 15.0 Å². The van der Waals surface area contributed by atoms with Gasteiger partial charge in [0.1, 0.15) is 12.3 Å². The van der Waals surface area contributed by atoms with E-state index in [-0.39, 0.29) is 18.4 Å². The molecule has 2 amide bonds. The molecule has 0 saturated carbocycles. The molecule has 138 valence electrons. The van der Waals surface area contributed by atoms with Crippen molar-refractivity contribution in [1.82, 2.24) is 4.90 Å². The third kappa shape index (κ3) is 4.26. The molecule has 27 heavy (non-hydrogen) atoms. The number of carbonyl (C=O) groups excluding carboxylic acids is 2. The predicted octanol–water partition coefficient (Wildman–Crippen LogP) is 3.95. The van der Waals surface area contributed by atoms with Crippen molar-refractivity contribution in [2.75, 3.05) is 25.5 Å². The average molecular weight is 362 g/mol. The molecule has 0 bridgehead atoms. The number of anilines is 1. The molecule has 3 aromatic rings. The van der Waals surface area contributed by atoms with Gasteiger partial charge in [0, 0.05) is 12.1 Å². The SMILES string of the molecule is CCN(CC(=O)Nc1ccccc1OC)C(=O)c1ccc2ccccc2c1. The van der Waals surface area contributed by atoms with Gasteiger partial charge in [-0.15, -0.1) is 0 Å². The zero-order valence-electron chi connectivity index (χ0n) is 15.4. The maximum absolute atomic E-state index is 12.9. The van der Waals surface area contributed by atoms with E-state index in [9.17, 15) is 9.59 Å². The van der Waals surface area contributed by atoms with Gasteiger partial charge in [0.25, 0.3) is 5.91 Å². The summed E-state index contributed by atoms with van der Waals surface area (Å²) in [5.74, 6) is 0.142. The van der Waals surface area contributed by atoms with Crippen molar-refractivity contribution in [2.24, 2.45) is 0 Å². The third-order valence-electron chi connectivity index (χ3n) is 4.38. The number of nitrogens with zero attached hydrogens (tertiary/aromatic N) is 1. The van der Waals surface area contributed by atoms with Gasteiger partial charge in [-0.25, -0.2) is 0 Å². The Hall–Kier alpha value is -3.34. The molecule has 3 rings (SSSR count). The summed E-state index contributed by atoms with van der Waals surface area (Å²) in [5.41, 5.74) is 1.15. The highest BCUT2D eigenvalue weighted by Crippen LogP contribution is 2.23. The second-order valence-electron chi connectivity index (χ2n) is 6.13. The van der Waals surface area contributed by atoms with Crippen molar-refractivity contribution in [3.05, 3.63) is 72.3 Å². The van der Waals surface area contributed by atoms with Gasteiger partial charge in [-0.2, -0.15) is 0 Å². The van der Waals surface area contributed by atoms with E-state index in [1.54, 1.807) is 25.3 Å². The van der Waals surface area contributed by atoms with Gasteiger partial charge in [-0.05, 0) is 42.0 Å². The molecule has 1 N–H and O–H groups in total. The summed E-state index contributed by atoms with van der Waals surface area (Å²) in [4.78, 5) is 26.8. The molecule has 0 fully saturated rings. The number of hydrogen-bond donors (Lipinski definition) is 1. The van der Waals surface area contributed by atoms with Crippen molar-refractivity contribution in [3.63, 3.8) is 0 Å². The highest BCUT2D eigenvalue weighted by atomic mass is 16.5. The Morgan fingerprint density at radius 1 is 0.963 bits per heavy atom. The largest absolute Gasteiger partial charge is 0.495 e. The van der Waals surface area contributed by atoms with Crippen molar-refractivity contribution in [1.29, 1.82) is 0 Å². The Labute approximate surface area is 158 Å². The Balaban J connectivity index is 1.73. The minimum absolute atomic E-state index is 0.0276.